The van der Waals surface area contributed by atoms with E-state index in [4.69, 9.17) is 9.47 Å². The second-order valence-electron chi connectivity index (χ2n) is 6.92. The van der Waals surface area contributed by atoms with E-state index in [9.17, 15) is 4.79 Å². The summed E-state index contributed by atoms with van der Waals surface area (Å²) in [7, 11) is 0.566. The molecule has 0 amide bonds. The molecule has 0 aliphatic carbocycles. The highest BCUT2D eigenvalue weighted by molar-refractivity contribution is 8.34. The molecule has 3 nitrogen and oxygen atoms in total. The van der Waals surface area contributed by atoms with E-state index in [1.165, 1.54) is 0 Å². The Labute approximate surface area is 129 Å². The molecule has 118 valence electrons. The summed E-state index contributed by atoms with van der Waals surface area (Å²) in [5.41, 5.74) is 0.714. The average Bonchev–Trinajstić information content (AvgIpc) is 2.84. The van der Waals surface area contributed by atoms with Crippen LogP contribution in [0, 0.1) is 5.41 Å². The zero-order valence-electron chi connectivity index (χ0n) is 13.6. The maximum Gasteiger partial charge on any atom is 0.174 e. The predicted molar refractivity (Wildman–Crippen MR) is 89.8 cm³/mol. The van der Waals surface area contributed by atoms with Crippen LogP contribution in [-0.2, 0) is 4.74 Å². The standard InChI is InChI=1S/C17H26O3S/c1-17(2,3)16(21(5)11-10-20-12-21)15(18)13-6-8-14(19-4)9-7-13/h6-9,16H,10-12H2,1-5H3. The summed E-state index contributed by atoms with van der Waals surface area (Å²) in [6.07, 6.45) is 2.26. The van der Waals surface area contributed by atoms with Crippen molar-refractivity contribution < 1.29 is 14.3 Å². The van der Waals surface area contributed by atoms with E-state index in [-0.39, 0.29) is 16.4 Å². The van der Waals surface area contributed by atoms with Gasteiger partial charge in [0.15, 0.2) is 5.78 Å². The summed E-state index contributed by atoms with van der Waals surface area (Å²) >= 11 is 0. The number of hydrogen-bond acceptors (Lipinski definition) is 3. The van der Waals surface area contributed by atoms with Gasteiger partial charge < -0.3 is 9.47 Å². The molecule has 0 saturated carbocycles. The normalized spacial score (nSPS) is 26.9. The van der Waals surface area contributed by atoms with Gasteiger partial charge in [-0.05, 0) is 35.9 Å². The summed E-state index contributed by atoms with van der Waals surface area (Å²) in [6, 6.07) is 7.46. The third-order valence-electron chi connectivity index (χ3n) is 4.01. The Morgan fingerprint density at radius 2 is 1.90 bits per heavy atom. The van der Waals surface area contributed by atoms with E-state index in [0.717, 1.165) is 29.6 Å². The van der Waals surface area contributed by atoms with E-state index in [2.05, 4.69) is 27.0 Å². The number of carbonyl (C=O) groups is 1. The molecule has 1 aromatic rings. The van der Waals surface area contributed by atoms with E-state index >= 15 is 0 Å². The van der Waals surface area contributed by atoms with Crippen molar-refractivity contribution >= 4 is 15.8 Å². The molecule has 2 unspecified atom stereocenters. The molecule has 0 spiro atoms. The number of hydrogen-bond donors (Lipinski definition) is 0. The predicted octanol–water partition coefficient (Wildman–Crippen LogP) is 3.71. The van der Waals surface area contributed by atoms with E-state index in [1.54, 1.807) is 7.11 Å². The zero-order chi connectivity index (χ0) is 15.7. The summed E-state index contributed by atoms with van der Waals surface area (Å²) < 4.78 is 10.8. The van der Waals surface area contributed by atoms with Crippen LogP contribution in [0.4, 0.5) is 0 Å². The molecule has 4 heteroatoms. The summed E-state index contributed by atoms with van der Waals surface area (Å²) in [4.78, 5) is 13.1. The van der Waals surface area contributed by atoms with Gasteiger partial charge in [-0.2, -0.15) is 0 Å². The number of carbonyl (C=O) groups excluding carboxylic acids is 1. The lowest BCUT2D eigenvalue weighted by molar-refractivity contribution is 0.0948. The molecular formula is C17H26O3S. The van der Waals surface area contributed by atoms with Gasteiger partial charge in [0.05, 0.1) is 24.9 Å². The lowest BCUT2D eigenvalue weighted by atomic mass is 9.87. The Balaban J connectivity index is 2.34. The molecule has 0 radical (unpaired) electrons. The van der Waals surface area contributed by atoms with Crippen molar-refractivity contribution in [1.29, 1.82) is 0 Å². The molecule has 0 aromatic heterocycles. The summed E-state index contributed by atoms with van der Waals surface area (Å²) in [5.74, 6) is 2.79. The van der Waals surface area contributed by atoms with Gasteiger partial charge in [0.1, 0.15) is 5.75 Å². The van der Waals surface area contributed by atoms with Gasteiger partial charge in [0.2, 0.25) is 0 Å². The lowest BCUT2D eigenvalue weighted by Gasteiger charge is -2.44. The van der Waals surface area contributed by atoms with Gasteiger partial charge in [-0.15, -0.1) is 0 Å². The van der Waals surface area contributed by atoms with Crippen LogP contribution in [-0.4, -0.2) is 42.7 Å². The third kappa shape index (κ3) is 3.43. The smallest absolute Gasteiger partial charge is 0.174 e. The van der Waals surface area contributed by atoms with Crippen molar-refractivity contribution in [2.75, 3.05) is 31.7 Å². The van der Waals surface area contributed by atoms with Gasteiger partial charge in [-0.1, -0.05) is 20.8 Å². The van der Waals surface area contributed by atoms with Crippen LogP contribution in [0.15, 0.2) is 24.3 Å². The topological polar surface area (TPSA) is 35.5 Å². The fourth-order valence-electron chi connectivity index (χ4n) is 3.16. The number of ether oxygens (including phenoxy) is 2. The minimum absolute atomic E-state index is 0.0286. The van der Waals surface area contributed by atoms with Gasteiger partial charge in [0, 0.05) is 11.3 Å². The molecule has 1 heterocycles. The molecule has 1 fully saturated rings. The Kier molecular flexibility index (Phi) is 4.69. The molecule has 21 heavy (non-hydrogen) atoms. The SMILES string of the molecule is COc1ccc(C(=O)C(C(C)(C)C)S2(C)CCOC2)cc1. The second-order valence-corrected chi connectivity index (χ2v) is 10.7. The Morgan fingerprint density at radius 1 is 1.29 bits per heavy atom. The number of ketones is 1. The molecule has 0 bridgehead atoms. The van der Waals surface area contributed by atoms with Crippen molar-refractivity contribution in [2.45, 2.75) is 26.0 Å². The Bertz CT molecular complexity index is 496. The molecule has 1 aromatic carbocycles. The van der Waals surface area contributed by atoms with Crippen LogP contribution >= 0.6 is 10.0 Å². The Hall–Kier alpha value is -1.00. The van der Waals surface area contributed by atoms with Gasteiger partial charge in [-0.25, -0.2) is 10.0 Å². The second kappa shape index (κ2) is 6.01. The van der Waals surface area contributed by atoms with Crippen LogP contribution in [0.3, 0.4) is 0 Å². The highest BCUT2D eigenvalue weighted by atomic mass is 32.3. The number of rotatable bonds is 4. The Morgan fingerprint density at radius 3 is 2.33 bits per heavy atom. The van der Waals surface area contributed by atoms with E-state index in [1.807, 2.05) is 24.3 Å². The zero-order valence-corrected chi connectivity index (χ0v) is 14.5. The molecule has 2 rings (SSSR count). The summed E-state index contributed by atoms with van der Waals surface area (Å²) in [6.45, 7) is 7.27. The largest absolute Gasteiger partial charge is 0.497 e. The number of benzene rings is 1. The van der Waals surface area contributed by atoms with E-state index < -0.39 is 10.0 Å². The lowest BCUT2D eigenvalue weighted by Crippen LogP contribution is -2.39. The van der Waals surface area contributed by atoms with Crippen molar-refractivity contribution in [2.24, 2.45) is 5.41 Å². The van der Waals surface area contributed by atoms with Crippen LogP contribution in [0.5, 0.6) is 5.75 Å². The molecule has 1 aliphatic heterocycles. The van der Waals surface area contributed by atoms with Gasteiger partial charge >= 0.3 is 0 Å². The molecular weight excluding hydrogens is 284 g/mol. The fourth-order valence-corrected chi connectivity index (χ4v) is 7.00. The number of Topliss-reactive ketones (excluding diaryl/α,β-unsaturated/α-hetero) is 1. The van der Waals surface area contributed by atoms with Crippen molar-refractivity contribution in [3.05, 3.63) is 29.8 Å². The molecule has 2 atom stereocenters. The maximum atomic E-state index is 13.1. The molecule has 0 N–H and O–H groups in total. The minimum Gasteiger partial charge on any atom is -0.497 e. The first-order valence-electron chi connectivity index (χ1n) is 7.26. The highest BCUT2D eigenvalue weighted by Crippen LogP contribution is 2.58. The monoisotopic (exact) mass is 310 g/mol. The van der Waals surface area contributed by atoms with Crippen LogP contribution in [0.1, 0.15) is 31.1 Å². The number of methoxy groups -OCH3 is 1. The average molecular weight is 310 g/mol. The maximum absolute atomic E-state index is 13.1. The molecule has 1 saturated heterocycles. The van der Waals surface area contributed by atoms with Crippen molar-refractivity contribution in [3.8, 4) is 5.75 Å². The molecule has 1 aliphatic rings. The fraction of sp³-hybridized carbons (Fsp3) is 0.588. The van der Waals surface area contributed by atoms with Crippen molar-refractivity contribution in [3.63, 3.8) is 0 Å². The van der Waals surface area contributed by atoms with E-state index in [0.29, 0.717) is 0 Å². The van der Waals surface area contributed by atoms with Gasteiger partial charge in [-0.3, -0.25) is 4.79 Å². The highest BCUT2D eigenvalue weighted by Gasteiger charge is 2.44. The first-order chi connectivity index (χ1) is 9.78. The first kappa shape index (κ1) is 16.4. The van der Waals surface area contributed by atoms with Crippen molar-refractivity contribution in [1.82, 2.24) is 0 Å². The quantitative estimate of drug-likeness (QED) is 0.795. The van der Waals surface area contributed by atoms with Gasteiger partial charge in [0.25, 0.3) is 0 Å². The summed E-state index contributed by atoms with van der Waals surface area (Å²) in [5, 5.41) is 0.0286. The third-order valence-corrected chi connectivity index (χ3v) is 7.88. The minimum atomic E-state index is -1.07. The van der Waals surface area contributed by atoms with Crippen LogP contribution in [0.25, 0.3) is 0 Å². The van der Waals surface area contributed by atoms with Crippen LogP contribution in [0.2, 0.25) is 0 Å². The first-order valence-corrected chi connectivity index (χ1v) is 9.71. The van der Waals surface area contributed by atoms with Crippen LogP contribution < -0.4 is 4.74 Å².